The van der Waals surface area contributed by atoms with E-state index in [4.69, 9.17) is 9.47 Å². The van der Waals surface area contributed by atoms with Gasteiger partial charge in [0.25, 0.3) is 15.9 Å². The van der Waals surface area contributed by atoms with Crippen LogP contribution in [0.1, 0.15) is 15.9 Å². The van der Waals surface area contributed by atoms with Gasteiger partial charge in [0.15, 0.2) is 0 Å². The lowest BCUT2D eigenvalue weighted by Crippen LogP contribution is -2.43. The second-order valence-corrected chi connectivity index (χ2v) is 11.2. The number of methoxy groups -OCH3 is 1. The number of anilines is 1. The molecule has 10 nitrogen and oxygen atoms in total. The van der Waals surface area contributed by atoms with Crippen molar-refractivity contribution in [3.05, 3.63) is 53.6 Å². The number of rotatable bonds is 9. The van der Waals surface area contributed by atoms with E-state index in [1.165, 1.54) is 29.6 Å². The summed E-state index contributed by atoms with van der Waals surface area (Å²) in [4.78, 5) is 12.6. The quantitative estimate of drug-likeness (QED) is 0.532. The Hall–Kier alpha value is -2.67. The van der Waals surface area contributed by atoms with E-state index in [-0.39, 0.29) is 35.8 Å². The van der Waals surface area contributed by atoms with Crippen molar-refractivity contribution < 1.29 is 31.1 Å². The van der Waals surface area contributed by atoms with Gasteiger partial charge in [0, 0.05) is 30.9 Å². The van der Waals surface area contributed by atoms with E-state index in [9.17, 15) is 21.6 Å². The van der Waals surface area contributed by atoms with E-state index in [2.05, 4.69) is 10.0 Å². The van der Waals surface area contributed by atoms with Crippen molar-refractivity contribution in [2.45, 2.75) is 11.8 Å². The highest BCUT2D eigenvalue weighted by Crippen LogP contribution is 2.21. The topological polar surface area (TPSA) is 131 Å². The predicted octanol–water partition coefficient (Wildman–Crippen LogP) is 1.20. The molecule has 1 fully saturated rings. The van der Waals surface area contributed by atoms with Gasteiger partial charge in [-0.2, -0.15) is 4.31 Å². The van der Waals surface area contributed by atoms with Crippen LogP contribution in [0.4, 0.5) is 5.69 Å². The highest BCUT2D eigenvalue weighted by Gasteiger charge is 2.24. The molecule has 1 saturated heterocycles. The molecule has 1 heterocycles. The summed E-state index contributed by atoms with van der Waals surface area (Å²) in [5.74, 6) is -0.219. The number of hydrogen-bond donors (Lipinski definition) is 2. The molecule has 0 radical (unpaired) electrons. The van der Waals surface area contributed by atoms with Crippen LogP contribution < -0.4 is 14.8 Å². The summed E-state index contributed by atoms with van der Waals surface area (Å²) in [6.07, 6.45) is 0. The van der Waals surface area contributed by atoms with Crippen LogP contribution in [-0.2, 0) is 24.8 Å². The largest absolute Gasteiger partial charge is 0.497 e. The molecule has 2 aromatic rings. The minimum absolute atomic E-state index is 0.0880. The smallest absolute Gasteiger partial charge is 0.261 e. The molecule has 12 heteroatoms. The van der Waals surface area contributed by atoms with E-state index in [0.717, 1.165) is 0 Å². The molecule has 0 aromatic heterocycles. The number of morpholine rings is 1. The number of hydrogen-bond acceptors (Lipinski definition) is 7. The Bertz CT molecular complexity index is 1190. The summed E-state index contributed by atoms with van der Waals surface area (Å²) < 4.78 is 64.4. The first-order valence-electron chi connectivity index (χ1n) is 10.2. The van der Waals surface area contributed by atoms with E-state index in [0.29, 0.717) is 30.2 Å². The van der Waals surface area contributed by atoms with Crippen molar-refractivity contribution in [3.63, 3.8) is 0 Å². The van der Waals surface area contributed by atoms with Gasteiger partial charge in [-0.15, -0.1) is 0 Å². The lowest BCUT2D eigenvalue weighted by Gasteiger charge is -2.26. The van der Waals surface area contributed by atoms with Gasteiger partial charge in [-0.3, -0.25) is 9.52 Å². The Kier molecular flexibility index (Phi) is 7.95. The van der Waals surface area contributed by atoms with Gasteiger partial charge in [0.1, 0.15) is 5.75 Å². The van der Waals surface area contributed by atoms with Gasteiger partial charge >= 0.3 is 0 Å². The lowest BCUT2D eigenvalue weighted by molar-refractivity contribution is 0.0730. The lowest BCUT2D eigenvalue weighted by atomic mass is 10.1. The van der Waals surface area contributed by atoms with E-state index < -0.39 is 26.0 Å². The van der Waals surface area contributed by atoms with Crippen LogP contribution in [0, 0.1) is 6.92 Å². The van der Waals surface area contributed by atoms with Crippen molar-refractivity contribution in [1.29, 1.82) is 0 Å². The number of nitrogens with zero attached hydrogens (tertiary/aromatic N) is 1. The number of aryl methyl sites for hydroxylation is 1. The molecule has 0 saturated carbocycles. The maximum Gasteiger partial charge on any atom is 0.261 e. The molecular formula is C21H27N3O7S2. The van der Waals surface area contributed by atoms with Crippen molar-refractivity contribution in [2.75, 3.05) is 50.4 Å². The molecule has 3 rings (SSSR count). The van der Waals surface area contributed by atoms with Crippen LogP contribution in [0.3, 0.4) is 0 Å². The molecule has 2 aromatic carbocycles. The van der Waals surface area contributed by atoms with Crippen LogP contribution in [0.25, 0.3) is 0 Å². The minimum Gasteiger partial charge on any atom is -0.497 e. The Morgan fingerprint density at radius 3 is 2.36 bits per heavy atom. The second-order valence-electron chi connectivity index (χ2n) is 7.39. The van der Waals surface area contributed by atoms with Crippen molar-refractivity contribution in [3.8, 4) is 5.75 Å². The molecule has 1 aliphatic rings. The van der Waals surface area contributed by atoms with E-state index in [1.807, 2.05) is 0 Å². The van der Waals surface area contributed by atoms with Crippen molar-refractivity contribution in [1.82, 2.24) is 9.62 Å². The second kappa shape index (κ2) is 10.5. The van der Waals surface area contributed by atoms with Crippen LogP contribution in [0.15, 0.2) is 47.4 Å². The number of carbonyl (C=O) groups is 1. The molecule has 1 amide bonds. The Morgan fingerprint density at radius 1 is 1.06 bits per heavy atom. The molecule has 0 unspecified atom stereocenters. The molecule has 0 spiro atoms. The number of benzene rings is 2. The van der Waals surface area contributed by atoms with Crippen LogP contribution in [-0.4, -0.2) is 72.8 Å². The summed E-state index contributed by atoms with van der Waals surface area (Å²) in [5, 5.41) is 2.57. The maximum atomic E-state index is 12.8. The zero-order chi connectivity index (χ0) is 24.1. The van der Waals surface area contributed by atoms with E-state index in [1.54, 1.807) is 31.2 Å². The standard InChI is InChI=1S/C21H27N3O7S2/c1-16-3-8-19(33(28,29)23-17-4-6-18(30-2)7-5-17)15-20(16)21(25)22-9-14-32(26,27)24-10-12-31-13-11-24/h3-8,15,23H,9-14H2,1-2H3,(H,22,25). The fraction of sp³-hybridized carbons (Fsp3) is 0.381. The molecule has 0 atom stereocenters. The molecule has 1 aliphatic heterocycles. The first-order valence-corrected chi connectivity index (χ1v) is 13.3. The number of ether oxygens (including phenoxy) is 2. The van der Waals surface area contributed by atoms with Gasteiger partial charge in [0.2, 0.25) is 10.0 Å². The minimum atomic E-state index is -3.95. The van der Waals surface area contributed by atoms with Gasteiger partial charge in [-0.25, -0.2) is 16.8 Å². The van der Waals surface area contributed by atoms with Crippen LogP contribution >= 0.6 is 0 Å². The number of nitrogens with one attached hydrogen (secondary N) is 2. The van der Waals surface area contributed by atoms with Gasteiger partial charge < -0.3 is 14.8 Å². The molecular weight excluding hydrogens is 470 g/mol. The van der Waals surface area contributed by atoms with E-state index >= 15 is 0 Å². The summed E-state index contributed by atoms with van der Waals surface area (Å²) in [7, 11) is -5.96. The zero-order valence-corrected chi connectivity index (χ0v) is 20.0. The first kappa shape index (κ1) is 25.0. The molecule has 0 aliphatic carbocycles. The SMILES string of the molecule is COc1ccc(NS(=O)(=O)c2ccc(C)c(C(=O)NCCS(=O)(=O)N3CCOCC3)c2)cc1. The van der Waals surface area contributed by atoms with Crippen molar-refractivity contribution >= 4 is 31.6 Å². The fourth-order valence-corrected chi connectivity index (χ4v) is 5.64. The zero-order valence-electron chi connectivity index (χ0n) is 18.4. The highest BCUT2D eigenvalue weighted by atomic mass is 32.2. The predicted molar refractivity (Wildman–Crippen MR) is 123 cm³/mol. The maximum absolute atomic E-state index is 12.8. The number of carbonyl (C=O) groups excluding carboxylic acids is 1. The Balaban J connectivity index is 1.67. The van der Waals surface area contributed by atoms with Gasteiger partial charge in [0.05, 0.1) is 31.0 Å². The summed E-state index contributed by atoms with van der Waals surface area (Å²) >= 11 is 0. The molecule has 33 heavy (non-hydrogen) atoms. The average Bonchev–Trinajstić information content (AvgIpc) is 2.80. The van der Waals surface area contributed by atoms with Gasteiger partial charge in [-0.1, -0.05) is 6.07 Å². The Morgan fingerprint density at radius 2 is 1.73 bits per heavy atom. The summed E-state index contributed by atoms with van der Waals surface area (Å²) in [5.41, 5.74) is 1.05. The normalized spacial score (nSPS) is 15.1. The molecule has 2 N–H and O–H groups in total. The van der Waals surface area contributed by atoms with Crippen molar-refractivity contribution in [2.24, 2.45) is 0 Å². The first-order chi connectivity index (χ1) is 15.6. The van der Waals surface area contributed by atoms with Crippen LogP contribution in [0.2, 0.25) is 0 Å². The molecule has 180 valence electrons. The highest BCUT2D eigenvalue weighted by molar-refractivity contribution is 7.92. The average molecular weight is 498 g/mol. The number of sulfonamides is 2. The summed E-state index contributed by atoms with van der Waals surface area (Å²) in [6, 6.07) is 10.6. The third-order valence-corrected chi connectivity index (χ3v) is 8.37. The molecule has 0 bridgehead atoms. The van der Waals surface area contributed by atoms with Gasteiger partial charge in [-0.05, 0) is 48.9 Å². The third kappa shape index (κ3) is 6.44. The summed E-state index contributed by atoms with van der Waals surface area (Å²) in [6.45, 7) is 2.84. The monoisotopic (exact) mass is 497 g/mol. The number of amides is 1. The fourth-order valence-electron chi connectivity index (χ4n) is 3.23. The van der Waals surface area contributed by atoms with Crippen LogP contribution in [0.5, 0.6) is 5.75 Å². The third-order valence-electron chi connectivity index (χ3n) is 5.12. The Labute approximate surface area is 194 Å².